The van der Waals surface area contributed by atoms with E-state index < -0.39 is 0 Å². The maximum absolute atomic E-state index is 12.2. The standard InChI is InChI=1S/C13H22N4O2/c1-3-8-17-11(14)10(12(18)16(2)13(17)19)15-9-6-4-5-7-9/h9,15H,3-8,14H2,1-2H3. The van der Waals surface area contributed by atoms with Gasteiger partial charge >= 0.3 is 5.69 Å². The first-order chi connectivity index (χ1) is 9.06. The van der Waals surface area contributed by atoms with Gasteiger partial charge in [-0.05, 0) is 19.3 Å². The predicted molar refractivity (Wildman–Crippen MR) is 76.5 cm³/mol. The summed E-state index contributed by atoms with van der Waals surface area (Å²) in [6, 6.07) is 0.294. The zero-order chi connectivity index (χ0) is 14.0. The number of nitrogens with zero attached hydrogens (tertiary/aromatic N) is 2. The fraction of sp³-hybridized carbons (Fsp3) is 0.692. The molecule has 6 heteroatoms. The van der Waals surface area contributed by atoms with Crippen LogP contribution < -0.4 is 22.3 Å². The maximum atomic E-state index is 12.2. The van der Waals surface area contributed by atoms with Crippen molar-refractivity contribution >= 4 is 11.5 Å². The summed E-state index contributed by atoms with van der Waals surface area (Å²) in [5, 5.41) is 3.23. The quantitative estimate of drug-likeness (QED) is 0.848. The molecule has 1 heterocycles. The number of nitrogens with one attached hydrogen (secondary N) is 1. The smallest absolute Gasteiger partial charge is 0.332 e. The van der Waals surface area contributed by atoms with Gasteiger partial charge in [0.1, 0.15) is 11.5 Å². The Morgan fingerprint density at radius 3 is 2.53 bits per heavy atom. The van der Waals surface area contributed by atoms with Crippen molar-refractivity contribution in [3.05, 3.63) is 20.8 Å². The molecule has 1 fully saturated rings. The van der Waals surface area contributed by atoms with Crippen LogP contribution >= 0.6 is 0 Å². The summed E-state index contributed by atoms with van der Waals surface area (Å²) in [6.45, 7) is 2.50. The van der Waals surface area contributed by atoms with E-state index in [1.54, 1.807) is 0 Å². The molecule has 1 aliphatic carbocycles. The fourth-order valence-electron chi connectivity index (χ4n) is 2.63. The Morgan fingerprint density at radius 1 is 1.32 bits per heavy atom. The molecule has 0 amide bonds. The van der Waals surface area contributed by atoms with Gasteiger partial charge < -0.3 is 11.1 Å². The average molecular weight is 266 g/mol. The van der Waals surface area contributed by atoms with Gasteiger partial charge in [-0.25, -0.2) is 4.79 Å². The van der Waals surface area contributed by atoms with E-state index in [9.17, 15) is 9.59 Å². The van der Waals surface area contributed by atoms with Crippen LogP contribution in [0.1, 0.15) is 39.0 Å². The molecule has 0 radical (unpaired) electrons. The molecular formula is C13H22N4O2. The van der Waals surface area contributed by atoms with Gasteiger partial charge in [-0.1, -0.05) is 19.8 Å². The molecule has 1 aliphatic rings. The second kappa shape index (κ2) is 5.50. The van der Waals surface area contributed by atoms with Gasteiger partial charge in [-0.2, -0.15) is 0 Å². The van der Waals surface area contributed by atoms with E-state index in [-0.39, 0.29) is 17.1 Å². The molecule has 0 atom stereocenters. The summed E-state index contributed by atoms with van der Waals surface area (Å²) in [4.78, 5) is 24.2. The summed E-state index contributed by atoms with van der Waals surface area (Å²) in [5.41, 5.74) is 5.70. The van der Waals surface area contributed by atoms with Crippen LogP contribution in [-0.4, -0.2) is 15.2 Å². The molecule has 3 N–H and O–H groups in total. The molecule has 19 heavy (non-hydrogen) atoms. The van der Waals surface area contributed by atoms with Crippen molar-refractivity contribution in [3.63, 3.8) is 0 Å². The Kier molecular flexibility index (Phi) is 3.97. The minimum Gasteiger partial charge on any atom is -0.383 e. The van der Waals surface area contributed by atoms with E-state index >= 15 is 0 Å². The second-order valence-electron chi connectivity index (χ2n) is 5.18. The Labute approximate surface area is 112 Å². The molecule has 106 valence electrons. The number of rotatable bonds is 4. The lowest BCUT2D eigenvalue weighted by Gasteiger charge is -2.18. The van der Waals surface area contributed by atoms with Crippen LogP contribution in [0.4, 0.5) is 11.5 Å². The van der Waals surface area contributed by atoms with E-state index in [1.807, 2.05) is 6.92 Å². The van der Waals surface area contributed by atoms with Crippen LogP contribution in [0.3, 0.4) is 0 Å². The Balaban J connectivity index is 2.46. The van der Waals surface area contributed by atoms with Crippen molar-refractivity contribution in [2.24, 2.45) is 7.05 Å². The highest BCUT2D eigenvalue weighted by Gasteiger charge is 2.20. The maximum Gasteiger partial charge on any atom is 0.332 e. The van der Waals surface area contributed by atoms with Crippen molar-refractivity contribution in [2.75, 3.05) is 11.1 Å². The van der Waals surface area contributed by atoms with Crippen LogP contribution in [0.5, 0.6) is 0 Å². The van der Waals surface area contributed by atoms with E-state index in [0.717, 1.165) is 23.8 Å². The van der Waals surface area contributed by atoms with Crippen LogP contribution in [0.25, 0.3) is 0 Å². The molecule has 1 aromatic heterocycles. The van der Waals surface area contributed by atoms with Gasteiger partial charge in [0.15, 0.2) is 0 Å². The van der Waals surface area contributed by atoms with E-state index in [4.69, 9.17) is 5.73 Å². The average Bonchev–Trinajstić information content (AvgIpc) is 2.90. The SMILES string of the molecule is CCCn1c(N)c(NC2CCCC2)c(=O)n(C)c1=O. The highest BCUT2D eigenvalue weighted by molar-refractivity contribution is 5.61. The van der Waals surface area contributed by atoms with E-state index in [0.29, 0.717) is 18.3 Å². The molecule has 2 rings (SSSR count). The van der Waals surface area contributed by atoms with Gasteiger partial charge in [0.25, 0.3) is 5.56 Å². The van der Waals surface area contributed by atoms with Crippen molar-refractivity contribution in [2.45, 2.75) is 51.6 Å². The van der Waals surface area contributed by atoms with Crippen molar-refractivity contribution in [1.29, 1.82) is 0 Å². The van der Waals surface area contributed by atoms with Gasteiger partial charge in [-0.15, -0.1) is 0 Å². The second-order valence-corrected chi connectivity index (χ2v) is 5.18. The molecule has 0 unspecified atom stereocenters. The molecule has 0 saturated heterocycles. The lowest BCUT2D eigenvalue weighted by atomic mass is 10.2. The van der Waals surface area contributed by atoms with Gasteiger partial charge in [0, 0.05) is 19.6 Å². The van der Waals surface area contributed by atoms with Crippen LogP contribution in [0.2, 0.25) is 0 Å². The van der Waals surface area contributed by atoms with Crippen molar-refractivity contribution in [3.8, 4) is 0 Å². The summed E-state index contributed by atoms with van der Waals surface area (Å²) in [5.74, 6) is 0.266. The predicted octanol–water partition coefficient (Wildman–Crippen LogP) is 0.894. The van der Waals surface area contributed by atoms with Crippen LogP contribution in [-0.2, 0) is 13.6 Å². The third kappa shape index (κ3) is 2.52. The number of hydrogen-bond acceptors (Lipinski definition) is 4. The molecule has 0 aliphatic heterocycles. The first-order valence-electron chi connectivity index (χ1n) is 6.92. The number of hydrogen-bond donors (Lipinski definition) is 2. The van der Waals surface area contributed by atoms with Crippen molar-refractivity contribution in [1.82, 2.24) is 9.13 Å². The Bertz CT molecular complexity index is 567. The van der Waals surface area contributed by atoms with Gasteiger partial charge in [-0.3, -0.25) is 13.9 Å². The molecule has 1 saturated carbocycles. The minimum absolute atomic E-state index is 0.266. The molecule has 0 spiro atoms. The number of nitrogen functional groups attached to an aromatic ring is 1. The normalized spacial score (nSPS) is 15.9. The summed E-state index contributed by atoms with van der Waals surface area (Å²) in [7, 11) is 1.50. The van der Waals surface area contributed by atoms with Crippen LogP contribution in [0.15, 0.2) is 9.59 Å². The largest absolute Gasteiger partial charge is 0.383 e. The highest BCUT2D eigenvalue weighted by Crippen LogP contribution is 2.22. The number of anilines is 2. The first-order valence-corrected chi connectivity index (χ1v) is 6.92. The lowest BCUT2D eigenvalue weighted by molar-refractivity contribution is 0.598. The third-order valence-electron chi connectivity index (χ3n) is 3.73. The van der Waals surface area contributed by atoms with E-state index in [2.05, 4.69) is 5.32 Å². The monoisotopic (exact) mass is 266 g/mol. The zero-order valence-electron chi connectivity index (χ0n) is 11.6. The topological polar surface area (TPSA) is 82.0 Å². The van der Waals surface area contributed by atoms with E-state index in [1.165, 1.54) is 24.5 Å². The Morgan fingerprint density at radius 2 is 1.95 bits per heavy atom. The van der Waals surface area contributed by atoms with Gasteiger partial charge in [0.05, 0.1) is 0 Å². The minimum atomic E-state index is -0.346. The highest BCUT2D eigenvalue weighted by atomic mass is 16.2. The zero-order valence-corrected chi connectivity index (χ0v) is 11.6. The lowest BCUT2D eigenvalue weighted by Crippen LogP contribution is -2.41. The fourth-order valence-corrected chi connectivity index (χ4v) is 2.63. The third-order valence-corrected chi connectivity index (χ3v) is 3.73. The molecule has 0 aromatic carbocycles. The molecule has 6 nitrogen and oxygen atoms in total. The van der Waals surface area contributed by atoms with Crippen LogP contribution in [0, 0.1) is 0 Å². The first kappa shape index (κ1) is 13.7. The Hall–Kier alpha value is -1.72. The number of nitrogens with two attached hydrogens (primary N) is 1. The van der Waals surface area contributed by atoms with Gasteiger partial charge in [0.2, 0.25) is 0 Å². The number of aromatic nitrogens is 2. The molecule has 1 aromatic rings. The summed E-state index contributed by atoms with van der Waals surface area (Å²) < 4.78 is 2.60. The molecular weight excluding hydrogens is 244 g/mol. The molecule has 0 bridgehead atoms. The summed E-state index contributed by atoms with van der Waals surface area (Å²) in [6.07, 6.45) is 5.25. The summed E-state index contributed by atoms with van der Waals surface area (Å²) >= 11 is 0. The van der Waals surface area contributed by atoms with Crippen molar-refractivity contribution < 1.29 is 0 Å².